The second-order valence-electron chi connectivity index (χ2n) is 5.77. The first-order valence-corrected chi connectivity index (χ1v) is 10.8. The fraction of sp³-hybridized carbons (Fsp3) is 0.200. The number of anilines is 1. The van der Waals surface area contributed by atoms with Crippen molar-refractivity contribution in [3.63, 3.8) is 0 Å². The van der Waals surface area contributed by atoms with Gasteiger partial charge in [-0.05, 0) is 35.9 Å². The van der Waals surface area contributed by atoms with E-state index in [2.05, 4.69) is 10.3 Å². The summed E-state index contributed by atoms with van der Waals surface area (Å²) in [6, 6.07) is 13.1. The minimum absolute atomic E-state index is 0.0857. The van der Waals surface area contributed by atoms with E-state index in [1.807, 2.05) is 47.8 Å². The van der Waals surface area contributed by atoms with Crippen molar-refractivity contribution in [2.45, 2.75) is 5.75 Å². The van der Waals surface area contributed by atoms with E-state index in [1.54, 1.807) is 14.2 Å². The Morgan fingerprint density at radius 1 is 1.18 bits per heavy atom. The number of nitrogens with one attached hydrogen (secondary N) is 1. The minimum Gasteiger partial charge on any atom is -0.497 e. The number of nitrogens with zero attached hydrogens (tertiary/aromatic N) is 1. The summed E-state index contributed by atoms with van der Waals surface area (Å²) in [6.45, 7) is 0. The topological polar surface area (TPSA) is 60.5 Å². The highest BCUT2D eigenvalue weighted by Gasteiger charge is 2.13. The summed E-state index contributed by atoms with van der Waals surface area (Å²) in [6.07, 6.45) is 0. The third-order valence-corrected chi connectivity index (χ3v) is 5.86. The Balaban J connectivity index is 1.58. The van der Waals surface area contributed by atoms with Crippen LogP contribution in [0.4, 0.5) is 5.13 Å². The summed E-state index contributed by atoms with van der Waals surface area (Å²) in [7, 11) is 3.22. The van der Waals surface area contributed by atoms with E-state index < -0.39 is 0 Å². The van der Waals surface area contributed by atoms with Gasteiger partial charge in [-0.1, -0.05) is 23.7 Å². The van der Waals surface area contributed by atoms with E-state index in [9.17, 15) is 4.79 Å². The molecule has 0 saturated carbocycles. The molecule has 0 atom stereocenters. The van der Waals surface area contributed by atoms with Gasteiger partial charge >= 0.3 is 0 Å². The van der Waals surface area contributed by atoms with E-state index >= 15 is 0 Å². The van der Waals surface area contributed by atoms with Crippen molar-refractivity contribution in [2.75, 3.05) is 25.3 Å². The summed E-state index contributed by atoms with van der Waals surface area (Å²) in [5.41, 5.74) is 2.67. The Morgan fingerprint density at radius 2 is 1.96 bits per heavy atom. The molecule has 2 aromatic carbocycles. The average Bonchev–Trinajstić information content (AvgIpc) is 3.17. The number of amides is 1. The van der Waals surface area contributed by atoms with Gasteiger partial charge in [0.15, 0.2) is 5.13 Å². The summed E-state index contributed by atoms with van der Waals surface area (Å²) in [5, 5.41) is 5.99. The SMILES string of the molecule is COc1ccc(OC)c(-c2csc(NC(=O)CSCc3ccc(Cl)cc3)n2)c1. The summed E-state index contributed by atoms with van der Waals surface area (Å²) < 4.78 is 10.7. The molecular formula is C20H19ClN2O3S2. The molecule has 0 spiro atoms. The summed E-state index contributed by atoms with van der Waals surface area (Å²) in [4.78, 5) is 16.7. The standard InChI is InChI=1S/C20H19ClN2O3S2/c1-25-15-7-8-18(26-2)16(9-15)17-11-28-20(22-17)23-19(24)12-27-10-13-3-5-14(21)6-4-13/h3-9,11H,10,12H2,1-2H3,(H,22,23,24). The number of thioether (sulfide) groups is 1. The second kappa shape index (κ2) is 9.82. The Labute approximate surface area is 177 Å². The molecule has 8 heteroatoms. The van der Waals surface area contributed by atoms with Gasteiger partial charge in [0.05, 0.1) is 25.7 Å². The zero-order valence-corrected chi connectivity index (χ0v) is 17.8. The Hall–Kier alpha value is -2.22. The lowest BCUT2D eigenvalue weighted by Crippen LogP contribution is -2.14. The van der Waals surface area contributed by atoms with Crippen LogP contribution < -0.4 is 14.8 Å². The van der Waals surface area contributed by atoms with Crippen LogP contribution in [0.3, 0.4) is 0 Å². The number of rotatable bonds is 8. The molecule has 0 radical (unpaired) electrons. The van der Waals surface area contributed by atoms with Gasteiger partial charge in [-0.25, -0.2) is 4.98 Å². The number of carbonyl (C=O) groups excluding carboxylic acids is 1. The van der Waals surface area contributed by atoms with E-state index in [4.69, 9.17) is 21.1 Å². The molecule has 0 aliphatic rings. The third kappa shape index (κ3) is 5.41. The highest BCUT2D eigenvalue weighted by atomic mass is 35.5. The van der Waals surface area contributed by atoms with E-state index in [0.717, 1.165) is 22.6 Å². The normalized spacial score (nSPS) is 10.5. The van der Waals surface area contributed by atoms with Crippen molar-refractivity contribution in [3.05, 3.63) is 58.4 Å². The molecule has 1 amide bonds. The fourth-order valence-electron chi connectivity index (χ4n) is 2.47. The largest absolute Gasteiger partial charge is 0.497 e. The van der Waals surface area contributed by atoms with E-state index in [-0.39, 0.29) is 5.91 Å². The van der Waals surface area contributed by atoms with E-state index in [0.29, 0.717) is 27.4 Å². The molecule has 3 rings (SSSR count). The van der Waals surface area contributed by atoms with Crippen LogP contribution in [-0.2, 0) is 10.5 Å². The molecule has 146 valence electrons. The molecule has 0 aliphatic heterocycles. The highest BCUT2D eigenvalue weighted by molar-refractivity contribution is 7.99. The summed E-state index contributed by atoms with van der Waals surface area (Å²) >= 11 is 8.79. The lowest BCUT2D eigenvalue weighted by molar-refractivity contribution is -0.113. The molecule has 1 heterocycles. The van der Waals surface area contributed by atoms with Gasteiger partial charge in [-0.15, -0.1) is 23.1 Å². The van der Waals surface area contributed by atoms with Crippen LogP contribution in [0.2, 0.25) is 5.02 Å². The van der Waals surface area contributed by atoms with Crippen LogP contribution in [0, 0.1) is 0 Å². The Kier molecular flexibility index (Phi) is 7.19. The molecule has 5 nitrogen and oxygen atoms in total. The molecule has 0 unspecified atom stereocenters. The van der Waals surface area contributed by atoms with Gasteiger partial charge in [0.2, 0.25) is 5.91 Å². The van der Waals surface area contributed by atoms with Crippen LogP contribution in [-0.4, -0.2) is 30.9 Å². The lowest BCUT2D eigenvalue weighted by Gasteiger charge is -2.08. The fourth-order valence-corrected chi connectivity index (χ4v) is 4.11. The van der Waals surface area contributed by atoms with Gasteiger partial charge in [0.25, 0.3) is 0 Å². The number of methoxy groups -OCH3 is 2. The van der Waals surface area contributed by atoms with Gasteiger partial charge in [0.1, 0.15) is 11.5 Å². The number of benzene rings is 2. The number of carbonyl (C=O) groups is 1. The van der Waals surface area contributed by atoms with Crippen molar-refractivity contribution >= 4 is 45.7 Å². The molecule has 1 aromatic heterocycles. The smallest absolute Gasteiger partial charge is 0.236 e. The number of ether oxygens (including phenoxy) is 2. The summed E-state index contributed by atoms with van der Waals surface area (Å²) in [5.74, 6) is 2.42. The van der Waals surface area contributed by atoms with Crippen LogP contribution >= 0.6 is 34.7 Å². The predicted molar refractivity (Wildman–Crippen MR) is 117 cm³/mol. The third-order valence-electron chi connectivity index (χ3n) is 3.85. The van der Waals surface area contributed by atoms with Gasteiger partial charge < -0.3 is 14.8 Å². The number of halogens is 1. The van der Waals surface area contributed by atoms with Crippen LogP contribution in [0.5, 0.6) is 11.5 Å². The van der Waals surface area contributed by atoms with Crippen LogP contribution in [0.25, 0.3) is 11.3 Å². The van der Waals surface area contributed by atoms with Crippen molar-refractivity contribution in [1.29, 1.82) is 0 Å². The quantitative estimate of drug-likeness (QED) is 0.517. The first-order valence-electron chi connectivity index (χ1n) is 8.39. The second-order valence-corrected chi connectivity index (χ2v) is 8.05. The van der Waals surface area contributed by atoms with Crippen molar-refractivity contribution in [3.8, 4) is 22.8 Å². The first-order chi connectivity index (χ1) is 13.6. The molecule has 0 aliphatic carbocycles. The zero-order valence-electron chi connectivity index (χ0n) is 15.4. The molecule has 0 fully saturated rings. The van der Waals surface area contributed by atoms with Crippen LogP contribution in [0.1, 0.15) is 5.56 Å². The molecule has 3 aromatic rings. The molecule has 0 bridgehead atoms. The lowest BCUT2D eigenvalue weighted by atomic mass is 10.1. The van der Waals surface area contributed by atoms with Crippen molar-refractivity contribution < 1.29 is 14.3 Å². The number of hydrogen-bond donors (Lipinski definition) is 1. The number of hydrogen-bond acceptors (Lipinski definition) is 6. The molecule has 0 saturated heterocycles. The Bertz CT molecular complexity index is 945. The molecule has 1 N–H and O–H groups in total. The molecule has 28 heavy (non-hydrogen) atoms. The van der Waals surface area contributed by atoms with Crippen molar-refractivity contribution in [2.24, 2.45) is 0 Å². The maximum absolute atomic E-state index is 12.2. The number of thiazole rings is 1. The Morgan fingerprint density at radius 3 is 2.68 bits per heavy atom. The van der Waals surface area contributed by atoms with Gasteiger partial charge in [0, 0.05) is 21.7 Å². The van der Waals surface area contributed by atoms with Gasteiger partial charge in [-0.2, -0.15) is 0 Å². The average molecular weight is 435 g/mol. The van der Waals surface area contributed by atoms with Gasteiger partial charge in [-0.3, -0.25) is 4.79 Å². The number of aromatic nitrogens is 1. The van der Waals surface area contributed by atoms with Crippen LogP contribution in [0.15, 0.2) is 47.8 Å². The minimum atomic E-state index is -0.0857. The van der Waals surface area contributed by atoms with E-state index in [1.165, 1.54) is 23.1 Å². The monoisotopic (exact) mass is 434 g/mol. The highest BCUT2D eigenvalue weighted by Crippen LogP contribution is 2.35. The maximum Gasteiger partial charge on any atom is 0.236 e. The van der Waals surface area contributed by atoms with Crippen molar-refractivity contribution in [1.82, 2.24) is 4.98 Å². The molecular weight excluding hydrogens is 416 g/mol. The first kappa shape index (κ1) is 20.5. The zero-order chi connectivity index (χ0) is 19.9. The predicted octanol–water partition coefficient (Wildman–Crippen LogP) is 5.35. The maximum atomic E-state index is 12.2.